The Hall–Kier alpha value is -0.610. The minimum atomic E-state index is -0.373. The normalized spacial score (nSPS) is 18.8. The number of nitrogens with zero attached hydrogens (tertiary/aromatic N) is 2. The van der Waals surface area contributed by atoms with Crippen LogP contribution >= 0.6 is 0 Å². The zero-order valence-electron chi connectivity index (χ0n) is 13.2. The summed E-state index contributed by atoms with van der Waals surface area (Å²) in [6, 6.07) is 0.616. The summed E-state index contributed by atoms with van der Waals surface area (Å²) in [5, 5.41) is 0. The van der Waals surface area contributed by atoms with Crippen molar-refractivity contribution in [1.29, 1.82) is 0 Å². The molecule has 1 heterocycles. The molecular formula is C15H30N2O2. The molecule has 0 aromatic heterocycles. The third-order valence-corrected chi connectivity index (χ3v) is 3.72. The fourth-order valence-electron chi connectivity index (χ4n) is 2.52. The zero-order valence-corrected chi connectivity index (χ0v) is 13.2. The van der Waals surface area contributed by atoms with Crippen LogP contribution < -0.4 is 0 Å². The van der Waals surface area contributed by atoms with Crippen LogP contribution in [-0.2, 0) is 9.53 Å². The molecule has 0 saturated carbocycles. The van der Waals surface area contributed by atoms with E-state index in [1.165, 1.54) is 25.9 Å². The lowest BCUT2D eigenvalue weighted by atomic mass is 10.0. The summed E-state index contributed by atoms with van der Waals surface area (Å²) in [5.74, 6) is -0.0923. The van der Waals surface area contributed by atoms with E-state index in [1.54, 1.807) is 0 Å². The van der Waals surface area contributed by atoms with Crippen LogP contribution in [0.5, 0.6) is 0 Å². The molecule has 0 amide bonds. The van der Waals surface area contributed by atoms with Gasteiger partial charge in [0.1, 0.15) is 5.60 Å². The van der Waals surface area contributed by atoms with Crippen LogP contribution in [0.3, 0.4) is 0 Å². The molecule has 19 heavy (non-hydrogen) atoms. The van der Waals surface area contributed by atoms with Crippen molar-refractivity contribution in [2.45, 2.75) is 58.6 Å². The first-order chi connectivity index (χ1) is 8.81. The smallest absolute Gasteiger partial charge is 0.307 e. The predicted molar refractivity (Wildman–Crippen MR) is 78.2 cm³/mol. The van der Waals surface area contributed by atoms with Crippen molar-refractivity contribution < 1.29 is 9.53 Å². The second-order valence-electron chi connectivity index (χ2n) is 6.48. The van der Waals surface area contributed by atoms with Gasteiger partial charge in [-0.3, -0.25) is 4.79 Å². The summed E-state index contributed by atoms with van der Waals surface area (Å²) in [7, 11) is 2.12. The fraction of sp³-hybridized carbons (Fsp3) is 0.933. The van der Waals surface area contributed by atoms with Gasteiger partial charge >= 0.3 is 5.97 Å². The van der Waals surface area contributed by atoms with E-state index in [4.69, 9.17) is 4.74 Å². The molecular weight excluding hydrogens is 240 g/mol. The Morgan fingerprint density at radius 1 is 1.32 bits per heavy atom. The molecule has 112 valence electrons. The number of esters is 1. The molecule has 0 bridgehead atoms. The molecule has 1 fully saturated rings. The quantitative estimate of drug-likeness (QED) is 0.717. The maximum atomic E-state index is 11.7. The number of ether oxygens (including phenoxy) is 1. The summed E-state index contributed by atoms with van der Waals surface area (Å²) >= 11 is 0. The number of carbonyl (C=O) groups excluding carboxylic acids is 1. The van der Waals surface area contributed by atoms with Gasteiger partial charge in [0.15, 0.2) is 0 Å². The van der Waals surface area contributed by atoms with Crippen LogP contribution in [0.25, 0.3) is 0 Å². The monoisotopic (exact) mass is 270 g/mol. The van der Waals surface area contributed by atoms with Crippen LogP contribution in [0, 0.1) is 0 Å². The Morgan fingerprint density at radius 2 is 1.89 bits per heavy atom. The summed E-state index contributed by atoms with van der Waals surface area (Å²) in [6.07, 6.45) is 2.90. The molecule has 0 unspecified atom stereocenters. The Kier molecular flexibility index (Phi) is 6.27. The van der Waals surface area contributed by atoms with Crippen molar-refractivity contribution >= 4 is 5.97 Å². The SMILES string of the molecule is CCN1CCC(N(C)CCC(=O)OC(C)(C)C)CC1. The third kappa shape index (κ3) is 6.39. The molecule has 0 radical (unpaired) electrons. The van der Waals surface area contributed by atoms with E-state index in [2.05, 4.69) is 23.8 Å². The Labute approximate surface area is 118 Å². The maximum absolute atomic E-state index is 11.7. The second-order valence-corrected chi connectivity index (χ2v) is 6.48. The first kappa shape index (κ1) is 16.4. The van der Waals surface area contributed by atoms with Gasteiger partial charge in [-0.25, -0.2) is 0 Å². The number of piperidine rings is 1. The maximum Gasteiger partial charge on any atom is 0.307 e. The molecule has 1 rings (SSSR count). The highest BCUT2D eigenvalue weighted by molar-refractivity contribution is 5.70. The minimum absolute atomic E-state index is 0.0923. The van der Waals surface area contributed by atoms with Gasteiger partial charge in [-0.05, 0) is 60.3 Å². The molecule has 0 aromatic carbocycles. The van der Waals surface area contributed by atoms with Gasteiger partial charge in [0.2, 0.25) is 0 Å². The van der Waals surface area contributed by atoms with Gasteiger partial charge in [-0.15, -0.1) is 0 Å². The average molecular weight is 270 g/mol. The summed E-state index contributed by atoms with van der Waals surface area (Å²) in [5.41, 5.74) is -0.373. The van der Waals surface area contributed by atoms with E-state index in [0.29, 0.717) is 12.5 Å². The van der Waals surface area contributed by atoms with Gasteiger partial charge in [0.25, 0.3) is 0 Å². The molecule has 1 aliphatic heterocycles. The molecule has 0 spiro atoms. The zero-order chi connectivity index (χ0) is 14.5. The van der Waals surface area contributed by atoms with Crippen molar-refractivity contribution in [2.24, 2.45) is 0 Å². The number of likely N-dealkylation sites (tertiary alicyclic amines) is 1. The van der Waals surface area contributed by atoms with E-state index in [0.717, 1.165) is 13.1 Å². The lowest BCUT2D eigenvalue weighted by molar-refractivity contribution is -0.155. The highest BCUT2D eigenvalue weighted by Gasteiger charge is 2.22. The highest BCUT2D eigenvalue weighted by atomic mass is 16.6. The first-order valence-corrected chi connectivity index (χ1v) is 7.46. The number of rotatable bonds is 5. The standard InChI is InChI=1S/C15H30N2O2/c1-6-17-11-7-13(8-12-17)16(5)10-9-14(18)19-15(2,3)4/h13H,6-12H2,1-5H3. The molecule has 4 nitrogen and oxygen atoms in total. The largest absolute Gasteiger partial charge is 0.460 e. The van der Waals surface area contributed by atoms with E-state index in [1.807, 2.05) is 20.8 Å². The molecule has 1 saturated heterocycles. The van der Waals surface area contributed by atoms with Crippen LogP contribution in [0.1, 0.15) is 47.0 Å². The average Bonchev–Trinajstić information content (AvgIpc) is 2.34. The number of hydrogen-bond donors (Lipinski definition) is 0. The van der Waals surface area contributed by atoms with Gasteiger partial charge in [-0.1, -0.05) is 6.92 Å². The molecule has 4 heteroatoms. The topological polar surface area (TPSA) is 32.8 Å². The van der Waals surface area contributed by atoms with Crippen molar-refractivity contribution in [2.75, 3.05) is 33.2 Å². The van der Waals surface area contributed by atoms with Crippen LogP contribution in [0.4, 0.5) is 0 Å². The molecule has 0 N–H and O–H groups in total. The van der Waals surface area contributed by atoms with Gasteiger partial charge in [-0.2, -0.15) is 0 Å². The fourth-order valence-corrected chi connectivity index (χ4v) is 2.52. The summed E-state index contributed by atoms with van der Waals surface area (Å²) in [4.78, 5) is 16.5. The first-order valence-electron chi connectivity index (χ1n) is 7.46. The van der Waals surface area contributed by atoms with Gasteiger partial charge < -0.3 is 14.5 Å². The molecule has 1 aliphatic rings. The Balaban J connectivity index is 2.24. The van der Waals surface area contributed by atoms with Crippen molar-refractivity contribution in [3.8, 4) is 0 Å². The van der Waals surface area contributed by atoms with E-state index in [9.17, 15) is 4.79 Å². The van der Waals surface area contributed by atoms with E-state index in [-0.39, 0.29) is 11.6 Å². The minimum Gasteiger partial charge on any atom is -0.460 e. The van der Waals surface area contributed by atoms with Crippen LogP contribution in [-0.4, -0.2) is 60.6 Å². The highest BCUT2D eigenvalue weighted by Crippen LogP contribution is 2.16. The second kappa shape index (κ2) is 7.25. The van der Waals surface area contributed by atoms with Crippen molar-refractivity contribution in [3.05, 3.63) is 0 Å². The molecule has 0 aromatic rings. The van der Waals surface area contributed by atoms with Gasteiger partial charge in [0, 0.05) is 12.6 Å². The summed E-state index contributed by atoms with van der Waals surface area (Å²) < 4.78 is 5.34. The lowest BCUT2D eigenvalue weighted by Gasteiger charge is -2.36. The molecule has 0 aliphatic carbocycles. The van der Waals surface area contributed by atoms with Crippen molar-refractivity contribution in [3.63, 3.8) is 0 Å². The van der Waals surface area contributed by atoms with Crippen LogP contribution in [0.2, 0.25) is 0 Å². The third-order valence-electron chi connectivity index (χ3n) is 3.72. The van der Waals surface area contributed by atoms with Crippen molar-refractivity contribution in [1.82, 2.24) is 9.80 Å². The lowest BCUT2D eigenvalue weighted by Crippen LogP contribution is -2.43. The summed E-state index contributed by atoms with van der Waals surface area (Å²) in [6.45, 7) is 12.3. The molecule has 0 atom stereocenters. The van der Waals surface area contributed by atoms with Crippen LogP contribution in [0.15, 0.2) is 0 Å². The van der Waals surface area contributed by atoms with E-state index >= 15 is 0 Å². The number of hydrogen-bond acceptors (Lipinski definition) is 4. The predicted octanol–water partition coefficient (Wildman–Crippen LogP) is 2.13. The van der Waals surface area contributed by atoms with Gasteiger partial charge in [0.05, 0.1) is 6.42 Å². The number of carbonyl (C=O) groups is 1. The van der Waals surface area contributed by atoms with E-state index < -0.39 is 0 Å². The Morgan fingerprint density at radius 3 is 2.37 bits per heavy atom. The Bertz CT molecular complexity index is 278.